The summed E-state index contributed by atoms with van der Waals surface area (Å²) in [5.41, 5.74) is 1.59. The van der Waals surface area contributed by atoms with E-state index in [1.54, 1.807) is 24.3 Å². The van der Waals surface area contributed by atoms with Crippen molar-refractivity contribution < 1.29 is 19.1 Å². The number of anilines is 2. The molecule has 0 atom stereocenters. The van der Waals surface area contributed by atoms with Crippen molar-refractivity contribution in [2.75, 3.05) is 22.9 Å². The van der Waals surface area contributed by atoms with Crippen LogP contribution in [0.2, 0.25) is 0 Å². The number of carbonyl (C=O) groups excluding carboxylic acids is 3. The Hall–Kier alpha value is -3.67. The van der Waals surface area contributed by atoms with Crippen molar-refractivity contribution in [2.24, 2.45) is 0 Å². The van der Waals surface area contributed by atoms with E-state index in [9.17, 15) is 14.4 Å². The zero-order valence-corrected chi connectivity index (χ0v) is 17.1. The van der Waals surface area contributed by atoms with Crippen LogP contribution in [0.1, 0.15) is 41.5 Å². The number of benzene rings is 3. The molecule has 6 nitrogen and oxygen atoms in total. The highest BCUT2D eigenvalue weighted by Crippen LogP contribution is 2.46. The standard InChI is InChI=1S/C24H22N2O4/c1-4-25(5-2)21-17-13-9-10-14-18(17)22(30-15(3)27)20-19(21)23(28)26(24(20)29)16-11-7-6-8-12-16/h6-14H,4-5H2,1-3H3. The van der Waals surface area contributed by atoms with Crippen molar-refractivity contribution in [3.63, 3.8) is 0 Å². The van der Waals surface area contributed by atoms with Gasteiger partial charge in [-0.15, -0.1) is 0 Å². The van der Waals surface area contributed by atoms with Gasteiger partial charge in [0.05, 0.1) is 22.5 Å². The second-order valence-electron chi connectivity index (χ2n) is 7.02. The number of ether oxygens (including phenoxy) is 1. The van der Waals surface area contributed by atoms with E-state index >= 15 is 0 Å². The van der Waals surface area contributed by atoms with Crippen LogP contribution in [0.4, 0.5) is 11.4 Å². The zero-order chi connectivity index (χ0) is 21.4. The number of esters is 1. The van der Waals surface area contributed by atoms with Crippen LogP contribution < -0.4 is 14.5 Å². The minimum Gasteiger partial charge on any atom is -0.425 e. The van der Waals surface area contributed by atoms with E-state index in [0.717, 1.165) is 10.3 Å². The average molecular weight is 402 g/mol. The second-order valence-corrected chi connectivity index (χ2v) is 7.02. The van der Waals surface area contributed by atoms with Gasteiger partial charge in [0.25, 0.3) is 11.8 Å². The van der Waals surface area contributed by atoms with Crippen molar-refractivity contribution >= 4 is 39.9 Å². The number of fused-ring (bicyclic) bond motifs is 2. The van der Waals surface area contributed by atoms with Gasteiger partial charge in [0.15, 0.2) is 5.75 Å². The summed E-state index contributed by atoms with van der Waals surface area (Å²) in [6, 6.07) is 16.2. The molecule has 2 amide bonds. The molecule has 1 aliphatic heterocycles. The van der Waals surface area contributed by atoms with E-state index in [2.05, 4.69) is 4.90 Å². The molecule has 0 radical (unpaired) electrons. The molecular weight excluding hydrogens is 380 g/mol. The van der Waals surface area contributed by atoms with Crippen LogP contribution in [-0.4, -0.2) is 30.9 Å². The molecule has 30 heavy (non-hydrogen) atoms. The van der Waals surface area contributed by atoms with Gasteiger partial charge in [0.1, 0.15) is 0 Å². The fraction of sp³-hybridized carbons (Fsp3) is 0.208. The van der Waals surface area contributed by atoms with Crippen molar-refractivity contribution in [1.82, 2.24) is 0 Å². The molecule has 6 heteroatoms. The van der Waals surface area contributed by atoms with Crippen LogP contribution in [0, 0.1) is 0 Å². The summed E-state index contributed by atoms with van der Waals surface area (Å²) in [5, 5.41) is 1.40. The SMILES string of the molecule is CCN(CC)c1c2c(c(OC(C)=O)c3ccccc13)C(=O)N(c1ccccc1)C2=O. The summed E-state index contributed by atoms with van der Waals surface area (Å²) in [7, 11) is 0. The maximum Gasteiger partial charge on any atom is 0.308 e. The zero-order valence-electron chi connectivity index (χ0n) is 17.1. The van der Waals surface area contributed by atoms with Gasteiger partial charge in [-0.3, -0.25) is 14.4 Å². The summed E-state index contributed by atoms with van der Waals surface area (Å²) < 4.78 is 5.52. The van der Waals surface area contributed by atoms with E-state index < -0.39 is 17.8 Å². The Morgan fingerprint density at radius 3 is 2.03 bits per heavy atom. The third kappa shape index (κ3) is 2.92. The molecule has 1 heterocycles. The molecule has 0 N–H and O–H groups in total. The van der Waals surface area contributed by atoms with Crippen LogP contribution in [0.5, 0.6) is 5.75 Å². The van der Waals surface area contributed by atoms with Gasteiger partial charge in [-0.1, -0.05) is 42.5 Å². The Morgan fingerprint density at radius 1 is 0.867 bits per heavy atom. The molecule has 0 unspecified atom stereocenters. The van der Waals surface area contributed by atoms with E-state index in [4.69, 9.17) is 4.74 Å². The lowest BCUT2D eigenvalue weighted by atomic mass is 9.96. The first-order chi connectivity index (χ1) is 14.5. The van der Waals surface area contributed by atoms with Gasteiger partial charge in [-0.2, -0.15) is 0 Å². The predicted octanol–water partition coefficient (Wildman–Crippen LogP) is 4.41. The number of hydrogen-bond donors (Lipinski definition) is 0. The normalized spacial score (nSPS) is 13.0. The molecule has 0 saturated heterocycles. The molecule has 0 aliphatic carbocycles. The minimum atomic E-state index is -0.545. The molecule has 3 aromatic carbocycles. The van der Waals surface area contributed by atoms with Crippen LogP contribution >= 0.6 is 0 Å². The smallest absolute Gasteiger partial charge is 0.308 e. The summed E-state index contributed by atoms with van der Waals surface area (Å²) in [6.07, 6.45) is 0. The van der Waals surface area contributed by atoms with Crippen LogP contribution in [0.15, 0.2) is 54.6 Å². The molecule has 0 saturated carbocycles. The second kappa shape index (κ2) is 7.63. The summed E-state index contributed by atoms with van der Waals surface area (Å²) >= 11 is 0. The number of amides is 2. The van der Waals surface area contributed by atoms with Crippen LogP contribution in [-0.2, 0) is 4.79 Å². The predicted molar refractivity (Wildman–Crippen MR) is 116 cm³/mol. The van der Waals surface area contributed by atoms with Gasteiger partial charge in [-0.05, 0) is 26.0 Å². The van der Waals surface area contributed by atoms with Crippen LogP contribution in [0.25, 0.3) is 10.8 Å². The molecule has 4 rings (SSSR count). The Morgan fingerprint density at radius 2 is 1.43 bits per heavy atom. The third-order valence-corrected chi connectivity index (χ3v) is 5.31. The first-order valence-electron chi connectivity index (χ1n) is 9.95. The van der Waals surface area contributed by atoms with Gasteiger partial charge in [-0.25, -0.2) is 4.90 Å². The topological polar surface area (TPSA) is 66.9 Å². The largest absolute Gasteiger partial charge is 0.425 e. The fourth-order valence-electron chi connectivity index (χ4n) is 4.05. The minimum absolute atomic E-state index is 0.139. The van der Waals surface area contributed by atoms with Gasteiger partial charge in [0, 0.05) is 30.8 Å². The maximum atomic E-state index is 13.6. The summed E-state index contributed by atoms with van der Waals surface area (Å²) in [6.45, 7) is 6.61. The first-order valence-corrected chi connectivity index (χ1v) is 9.95. The highest BCUT2D eigenvalue weighted by molar-refractivity contribution is 6.39. The van der Waals surface area contributed by atoms with Gasteiger partial charge in [0.2, 0.25) is 0 Å². The molecule has 0 fully saturated rings. The van der Waals surface area contributed by atoms with Crippen molar-refractivity contribution in [3.8, 4) is 5.75 Å². The summed E-state index contributed by atoms with van der Waals surface area (Å²) in [5.74, 6) is -1.31. The maximum absolute atomic E-state index is 13.6. The monoisotopic (exact) mass is 402 g/mol. The lowest BCUT2D eigenvalue weighted by Crippen LogP contribution is -2.30. The van der Waals surface area contributed by atoms with E-state index in [-0.39, 0.29) is 16.9 Å². The number of imide groups is 1. The molecule has 0 bridgehead atoms. The highest BCUT2D eigenvalue weighted by Gasteiger charge is 2.43. The Bertz CT molecular complexity index is 1170. The van der Waals surface area contributed by atoms with Gasteiger partial charge >= 0.3 is 5.97 Å². The molecule has 3 aromatic rings. The van der Waals surface area contributed by atoms with E-state index in [1.807, 2.05) is 44.2 Å². The summed E-state index contributed by atoms with van der Waals surface area (Å²) in [4.78, 5) is 42.2. The van der Waals surface area contributed by atoms with E-state index in [1.165, 1.54) is 6.92 Å². The average Bonchev–Trinajstić information content (AvgIpc) is 3.01. The Labute approximate surface area is 174 Å². The molecule has 1 aliphatic rings. The number of nitrogens with zero attached hydrogens (tertiary/aromatic N) is 2. The Balaban J connectivity index is 2.11. The molecular formula is C24H22N2O4. The van der Waals surface area contributed by atoms with Gasteiger partial charge < -0.3 is 9.64 Å². The number of para-hydroxylation sites is 1. The van der Waals surface area contributed by atoms with Crippen molar-refractivity contribution in [1.29, 1.82) is 0 Å². The highest BCUT2D eigenvalue weighted by atomic mass is 16.5. The molecule has 0 aromatic heterocycles. The molecule has 0 spiro atoms. The molecule has 152 valence electrons. The third-order valence-electron chi connectivity index (χ3n) is 5.31. The van der Waals surface area contributed by atoms with E-state index in [0.29, 0.717) is 29.9 Å². The first kappa shape index (κ1) is 19.6. The quantitative estimate of drug-likeness (QED) is 0.359. The van der Waals surface area contributed by atoms with Crippen LogP contribution in [0.3, 0.4) is 0 Å². The lowest BCUT2D eigenvalue weighted by Gasteiger charge is -2.26. The van der Waals surface area contributed by atoms with Crippen molar-refractivity contribution in [2.45, 2.75) is 20.8 Å². The van der Waals surface area contributed by atoms with Crippen molar-refractivity contribution in [3.05, 3.63) is 65.7 Å². The Kier molecular flexibility index (Phi) is 4.99. The number of hydrogen-bond acceptors (Lipinski definition) is 5. The number of rotatable bonds is 5. The lowest BCUT2D eigenvalue weighted by molar-refractivity contribution is -0.131. The fourth-order valence-corrected chi connectivity index (χ4v) is 4.05. The number of carbonyl (C=O) groups is 3.